The molecule has 4 heteroatoms. The van der Waals surface area contributed by atoms with Crippen molar-refractivity contribution >= 4 is 27.5 Å². The smallest absolute Gasteiger partial charge is 0.124 e. The Morgan fingerprint density at radius 3 is 2.55 bits per heavy atom. The van der Waals surface area contributed by atoms with Gasteiger partial charge in [0, 0.05) is 21.5 Å². The number of hydrogen-bond donors (Lipinski definition) is 0. The normalized spacial score (nSPS) is 10.4. The molecule has 2 aromatic rings. The molecular formula is C16H16BrClO2. The maximum absolute atomic E-state index is 6.21. The topological polar surface area (TPSA) is 18.5 Å². The van der Waals surface area contributed by atoms with E-state index in [0.29, 0.717) is 11.9 Å². The van der Waals surface area contributed by atoms with Gasteiger partial charge in [-0.2, -0.15) is 0 Å². The number of rotatable bonds is 5. The third-order valence-electron chi connectivity index (χ3n) is 3.00. The van der Waals surface area contributed by atoms with Gasteiger partial charge in [-0.05, 0) is 36.8 Å². The highest BCUT2D eigenvalue weighted by atomic mass is 79.9. The second kappa shape index (κ2) is 7.00. The largest absolute Gasteiger partial charge is 0.497 e. The number of alkyl halides is 1. The third-order valence-corrected chi connectivity index (χ3v) is 3.96. The van der Waals surface area contributed by atoms with Crippen LogP contribution in [0.1, 0.15) is 16.7 Å². The lowest BCUT2D eigenvalue weighted by Crippen LogP contribution is -1.99. The van der Waals surface area contributed by atoms with Gasteiger partial charge in [0.05, 0.1) is 7.11 Å². The minimum absolute atomic E-state index is 0.450. The second-order valence-electron chi connectivity index (χ2n) is 4.49. The molecule has 0 atom stereocenters. The molecule has 0 N–H and O–H groups in total. The molecule has 20 heavy (non-hydrogen) atoms. The van der Waals surface area contributed by atoms with Gasteiger partial charge >= 0.3 is 0 Å². The van der Waals surface area contributed by atoms with Crippen molar-refractivity contribution in [3.63, 3.8) is 0 Å². The molecule has 2 nitrogen and oxygen atoms in total. The van der Waals surface area contributed by atoms with Crippen molar-refractivity contribution in [3.8, 4) is 11.5 Å². The zero-order valence-corrected chi connectivity index (χ0v) is 13.8. The Hall–Kier alpha value is -1.19. The Balaban J connectivity index is 2.14. The minimum Gasteiger partial charge on any atom is -0.497 e. The molecule has 0 saturated heterocycles. The van der Waals surface area contributed by atoms with Crippen LogP contribution in [0.5, 0.6) is 11.5 Å². The number of benzene rings is 2. The number of hydrogen-bond acceptors (Lipinski definition) is 2. The summed E-state index contributed by atoms with van der Waals surface area (Å²) in [6, 6.07) is 11.7. The van der Waals surface area contributed by atoms with Gasteiger partial charge in [-0.15, -0.1) is 0 Å². The Kier molecular flexibility index (Phi) is 5.32. The third kappa shape index (κ3) is 3.68. The lowest BCUT2D eigenvalue weighted by molar-refractivity contribution is 0.303. The highest BCUT2D eigenvalue weighted by molar-refractivity contribution is 9.08. The minimum atomic E-state index is 0.450. The van der Waals surface area contributed by atoms with Crippen LogP contribution in [0.4, 0.5) is 0 Å². The van der Waals surface area contributed by atoms with Crippen LogP contribution in [0.25, 0.3) is 0 Å². The number of aryl methyl sites for hydroxylation is 1. The van der Waals surface area contributed by atoms with Crippen molar-refractivity contribution in [1.82, 2.24) is 0 Å². The fourth-order valence-corrected chi connectivity index (χ4v) is 2.58. The van der Waals surface area contributed by atoms with E-state index in [4.69, 9.17) is 21.1 Å². The lowest BCUT2D eigenvalue weighted by atomic mass is 10.1. The second-order valence-corrected chi connectivity index (χ2v) is 5.46. The van der Waals surface area contributed by atoms with Gasteiger partial charge in [-0.3, -0.25) is 0 Å². The van der Waals surface area contributed by atoms with E-state index in [9.17, 15) is 0 Å². The van der Waals surface area contributed by atoms with Crippen LogP contribution in [-0.2, 0) is 11.9 Å². The fourth-order valence-electron chi connectivity index (χ4n) is 1.85. The van der Waals surface area contributed by atoms with Gasteiger partial charge in [0.1, 0.15) is 18.1 Å². The average Bonchev–Trinajstić information content (AvgIpc) is 2.46. The van der Waals surface area contributed by atoms with E-state index in [1.54, 1.807) is 7.11 Å². The van der Waals surface area contributed by atoms with E-state index in [2.05, 4.69) is 15.9 Å². The zero-order valence-electron chi connectivity index (χ0n) is 11.5. The summed E-state index contributed by atoms with van der Waals surface area (Å²) in [7, 11) is 1.65. The average molecular weight is 356 g/mol. The van der Waals surface area contributed by atoms with Gasteiger partial charge in [0.15, 0.2) is 0 Å². The summed E-state index contributed by atoms with van der Waals surface area (Å²) in [5.74, 6) is 1.65. The lowest BCUT2D eigenvalue weighted by Gasteiger charge is -2.12. The van der Waals surface area contributed by atoms with Crippen LogP contribution in [0.2, 0.25) is 5.02 Å². The van der Waals surface area contributed by atoms with Crippen molar-refractivity contribution in [1.29, 1.82) is 0 Å². The van der Waals surface area contributed by atoms with Crippen molar-refractivity contribution in [2.45, 2.75) is 18.9 Å². The summed E-state index contributed by atoms with van der Waals surface area (Å²) >= 11 is 9.67. The van der Waals surface area contributed by atoms with E-state index < -0.39 is 0 Å². The molecule has 2 aromatic carbocycles. The zero-order chi connectivity index (χ0) is 14.5. The van der Waals surface area contributed by atoms with Crippen LogP contribution in [0.15, 0.2) is 36.4 Å². The van der Waals surface area contributed by atoms with E-state index in [1.165, 1.54) is 0 Å². The molecule has 106 valence electrons. The molecule has 0 radical (unpaired) electrons. The van der Waals surface area contributed by atoms with Crippen molar-refractivity contribution in [2.75, 3.05) is 7.11 Å². The molecule has 2 rings (SSSR count). The van der Waals surface area contributed by atoms with Crippen molar-refractivity contribution < 1.29 is 9.47 Å². The molecule has 0 unspecified atom stereocenters. The van der Waals surface area contributed by atoms with E-state index in [1.807, 2.05) is 43.3 Å². The maximum atomic E-state index is 6.21. The fraction of sp³-hybridized carbons (Fsp3) is 0.250. The van der Waals surface area contributed by atoms with Gasteiger partial charge in [-0.25, -0.2) is 0 Å². The first-order chi connectivity index (χ1) is 9.63. The summed E-state index contributed by atoms with van der Waals surface area (Å²) in [5, 5.41) is 1.44. The van der Waals surface area contributed by atoms with Gasteiger partial charge in [0.25, 0.3) is 0 Å². The molecule has 0 aliphatic heterocycles. The molecule has 0 heterocycles. The van der Waals surface area contributed by atoms with E-state index in [-0.39, 0.29) is 0 Å². The number of ether oxygens (including phenoxy) is 2. The number of halogens is 2. The molecule has 0 fully saturated rings. The SMILES string of the molecule is COc1ccc(OCc2ccc(C)cc2Cl)c(CBr)c1. The molecule has 0 aliphatic carbocycles. The predicted molar refractivity (Wildman–Crippen MR) is 86.1 cm³/mol. The summed E-state index contributed by atoms with van der Waals surface area (Å²) in [5.41, 5.74) is 3.17. The van der Waals surface area contributed by atoms with Gasteiger partial charge < -0.3 is 9.47 Å². The summed E-state index contributed by atoms with van der Waals surface area (Å²) in [6.45, 7) is 2.47. The predicted octanol–water partition coefficient (Wildman–Crippen LogP) is 5.13. The molecular weight excluding hydrogens is 340 g/mol. The Morgan fingerprint density at radius 1 is 1.10 bits per heavy atom. The quantitative estimate of drug-likeness (QED) is 0.692. The number of methoxy groups -OCH3 is 1. The maximum Gasteiger partial charge on any atom is 0.124 e. The first-order valence-electron chi connectivity index (χ1n) is 6.24. The van der Waals surface area contributed by atoms with Crippen LogP contribution in [-0.4, -0.2) is 7.11 Å². The van der Waals surface area contributed by atoms with Crippen LogP contribution in [0, 0.1) is 6.92 Å². The molecule has 0 spiro atoms. The van der Waals surface area contributed by atoms with Gasteiger partial charge in [0.2, 0.25) is 0 Å². The summed E-state index contributed by atoms with van der Waals surface area (Å²) < 4.78 is 11.1. The standard InChI is InChI=1S/C16H16BrClO2/c1-11-3-4-12(15(18)7-11)10-20-16-6-5-14(19-2)8-13(16)9-17/h3-8H,9-10H2,1-2H3. The Morgan fingerprint density at radius 2 is 1.90 bits per heavy atom. The monoisotopic (exact) mass is 354 g/mol. The Labute approximate surface area is 132 Å². The van der Waals surface area contributed by atoms with Crippen LogP contribution < -0.4 is 9.47 Å². The Bertz CT molecular complexity index is 599. The van der Waals surface area contributed by atoms with Crippen LogP contribution in [0.3, 0.4) is 0 Å². The van der Waals surface area contributed by atoms with Crippen LogP contribution >= 0.6 is 27.5 Å². The molecule has 0 saturated carbocycles. The van der Waals surface area contributed by atoms with Crippen molar-refractivity contribution in [3.05, 3.63) is 58.1 Å². The first-order valence-corrected chi connectivity index (χ1v) is 7.74. The van der Waals surface area contributed by atoms with E-state index >= 15 is 0 Å². The molecule has 0 aliphatic rings. The summed E-state index contributed by atoms with van der Waals surface area (Å²) in [4.78, 5) is 0. The van der Waals surface area contributed by atoms with Gasteiger partial charge in [-0.1, -0.05) is 39.7 Å². The molecule has 0 bridgehead atoms. The molecule has 0 aromatic heterocycles. The molecule has 0 amide bonds. The highest BCUT2D eigenvalue weighted by Crippen LogP contribution is 2.28. The summed E-state index contributed by atoms with van der Waals surface area (Å²) in [6.07, 6.45) is 0. The first kappa shape index (κ1) is 15.2. The van der Waals surface area contributed by atoms with Crippen molar-refractivity contribution in [2.24, 2.45) is 0 Å². The van der Waals surface area contributed by atoms with E-state index in [0.717, 1.165) is 33.2 Å². The highest BCUT2D eigenvalue weighted by Gasteiger charge is 2.07.